The molecule has 0 saturated carbocycles. The highest BCUT2D eigenvalue weighted by Gasteiger charge is 2.40. The summed E-state index contributed by atoms with van der Waals surface area (Å²) in [5, 5.41) is 0. The van der Waals surface area contributed by atoms with Gasteiger partial charge in [0.15, 0.2) is 0 Å². The topological polar surface area (TPSA) is 32.5 Å². The molecule has 0 aliphatic carbocycles. The minimum atomic E-state index is 0.481. The van der Waals surface area contributed by atoms with Crippen molar-refractivity contribution in [3.63, 3.8) is 0 Å². The lowest BCUT2D eigenvalue weighted by molar-refractivity contribution is 0.106. The molecule has 0 aromatic heterocycles. The second-order valence-electron chi connectivity index (χ2n) is 7.06. The fraction of sp³-hybridized carbons (Fsp3) is 1.00. The van der Waals surface area contributed by atoms with Crippen LogP contribution in [0.25, 0.3) is 0 Å². The third-order valence-electron chi connectivity index (χ3n) is 5.44. The van der Waals surface area contributed by atoms with E-state index in [1.165, 1.54) is 51.7 Å². The summed E-state index contributed by atoms with van der Waals surface area (Å²) in [5.74, 6) is 0.907. The predicted octanol–water partition coefficient (Wildman–Crippen LogP) is 1.67. The maximum Gasteiger partial charge on any atom is 0.0114 e. The second-order valence-corrected chi connectivity index (χ2v) is 7.06. The van der Waals surface area contributed by atoms with Gasteiger partial charge in [0, 0.05) is 37.3 Å². The molecule has 0 aromatic carbocycles. The van der Waals surface area contributed by atoms with E-state index in [2.05, 4.69) is 23.6 Å². The molecule has 2 N–H and O–H groups in total. The lowest BCUT2D eigenvalue weighted by Gasteiger charge is -2.39. The van der Waals surface area contributed by atoms with Gasteiger partial charge in [-0.15, -0.1) is 0 Å². The van der Waals surface area contributed by atoms with Crippen molar-refractivity contribution in [1.82, 2.24) is 9.80 Å². The molecule has 3 aliphatic rings. The molecule has 3 rings (SSSR count). The van der Waals surface area contributed by atoms with Crippen LogP contribution in [0.3, 0.4) is 0 Å². The summed E-state index contributed by atoms with van der Waals surface area (Å²) in [6, 6.07) is 2.83. The zero-order valence-corrected chi connectivity index (χ0v) is 12.0. The first-order chi connectivity index (χ1) is 8.63. The number of nitrogens with zero attached hydrogens (tertiary/aromatic N) is 2. The fourth-order valence-corrected chi connectivity index (χ4v) is 4.39. The van der Waals surface area contributed by atoms with Crippen molar-refractivity contribution in [3.05, 3.63) is 0 Å². The molecular formula is C15H29N3. The number of fused-ring (bicyclic) bond motifs is 2. The van der Waals surface area contributed by atoms with Crippen molar-refractivity contribution >= 4 is 0 Å². The van der Waals surface area contributed by atoms with E-state index < -0.39 is 0 Å². The van der Waals surface area contributed by atoms with Crippen LogP contribution in [0, 0.1) is 5.92 Å². The Morgan fingerprint density at radius 2 is 1.78 bits per heavy atom. The molecule has 2 bridgehead atoms. The normalized spacial score (nSPS) is 42.0. The van der Waals surface area contributed by atoms with Crippen molar-refractivity contribution < 1.29 is 0 Å². The van der Waals surface area contributed by atoms with Gasteiger partial charge in [0.05, 0.1) is 0 Å². The molecule has 3 heterocycles. The van der Waals surface area contributed by atoms with Crippen molar-refractivity contribution in [1.29, 1.82) is 0 Å². The Hall–Kier alpha value is -0.120. The summed E-state index contributed by atoms with van der Waals surface area (Å²) >= 11 is 0. The molecule has 3 unspecified atom stereocenters. The van der Waals surface area contributed by atoms with Crippen LogP contribution in [-0.2, 0) is 0 Å². The first kappa shape index (κ1) is 12.9. The Balaban J connectivity index is 1.55. The van der Waals surface area contributed by atoms with Crippen molar-refractivity contribution in [3.8, 4) is 0 Å². The number of rotatable bonds is 3. The highest BCUT2D eigenvalue weighted by atomic mass is 15.2. The summed E-state index contributed by atoms with van der Waals surface area (Å²) in [5.41, 5.74) is 6.15. The number of piperidine rings is 1. The molecule has 3 heteroatoms. The van der Waals surface area contributed by atoms with Gasteiger partial charge in [-0.25, -0.2) is 0 Å². The van der Waals surface area contributed by atoms with Crippen LogP contribution in [0.5, 0.6) is 0 Å². The molecule has 3 aliphatic heterocycles. The van der Waals surface area contributed by atoms with Gasteiger partial charge in [-0.3, -0.25) is 4.90 Å². The van der Waals surface area contributed by atoms with Crippen molar-refractivity contribution in [2.75, 3.05) is 19.6 Å². The molecule has 0 radical (unpaired) electrons. The fourth-order valence-electron chi connectivity index (χ4n) is 4.39. The number of hydrogen-bond donors (Lipinski definition) is 1. The first-order valence-corrected chi connectivity index (χ1v) is 7.89. The lowest BCUT2D eigenvalue weighted by atomic mass is 9.96. The van der Waals surface area contributed by atoms with E-state index in [1.54, 1.807) is 0 Å². The van der Waals surface area contributed by atoms with Crippen molar-refractivity contribution in [2.45, 2.75) is 70.1 Å². The highest BCUT2D eigenvalue weighted by Crippen LogP contribution is 2.36. The van der Waals surface area contributed by atoms with Crippen LogP contribution in [0.2, 0.25) is 0 Å². The molecule has 0 spiro atoms. The third-order valence-corrected chi connectivity index (χ3v) is 5.44. The van der Waals surface area contributed by atoms with Gasteiger partial charge >= 0.3 is 0 Å². The number of hydrogen-bond acceptors (Lipinski definition) is 3. The molecule has 3 nitrogen and oxygen atoms in total. The molecule has 3 fully saturated rings. The zero-order valence-electron chi connectivity index (χ0n) is 12.0. The quantitative estimate of drug-likeness (QED) is 0.828. The van der Waals surface area contributed by atoms with Gasteiger partial charge in [-0.1, -0.05) is 0 Å². The third kappa shape index (κ3) is 2.45. The summed E-state index contributed by atoms with van der Waals surface area (Å²) in [6.07, 6.45) is 6.70. The van der Waals surface area contributed by atoms with E-state index in [4.69, 9.17) is 5.73 Å². The second kappa shape index (κ2) is 5.10. The van der Waals surface area contributed by atoms with Crippen LogP contribution < -0.4 is 5.73 Å². The Morgan fingerprint density at radius 3 is 2.33 bits per heavy atom. The van der Waals surface area contributed by atoms with Gasteiger partial charge in [0.2, 0.25) is 0 Å². The molecule has 0 aromatic rings. The van der Waals surface area contributed by atoms with Gasteiger partial charge < -0.3 is 10.6 Å². The minimum Gasteiger partial charge on any atom is -0.328 e. The predicted molar refractivity (Wildman–Crippen MR) is 75.5 cm³/mol. The molecule has 18 heavy (non-hydrogen) atoms. The Bertz CT molecular complexity index is 277. The molecule has 3 saturated heterocycles. The average Bonchev–Trinajstić information content (AvgIpc) is 2.85. The monoisotopic (exact) mass is 251 g/mol. The van der Waals surface area contributed by atoms with E-state index in [0.29, 0.717) is 6.04 Å². The maximum atomic E-state index is 6.15. The van der Waals surface area contributed by atoms with E-state index in [9.17, 15) is 0 Å². The Kier molecular flexibility index (Phi) is 3.65. The largest absolute Gasteiger partial charge is 0.328 e. The average molecular weight is 251 g/mol. The van der Waals surface area contributed by atoms with Gasteiger partial charge in [-0.2, -0.15) is 0 Å². The zero-order chi connectivity index (χ0) is 12.7. The lowest BCUT2D eigenvalue weighted by Crippen LogP contribution is -2.49. The number of nitrogens with two attached hydrogens (primary N) is 1. The SMILES string of the molecule is CC(C)N1CCC(CN2C3CCC2CC(N)C3)C1. The van der Waals surface area contributed by atoms with Crippen LogP contribution in [0.4, 0.5) is 0 Å². The number of likely N-dealkylation sites (tertiary alicyclic amines) is 1. The molecule has 104 valence electrons. The van der Waals surface area contributed by atoms with Crippen LogP contribution >= 0.6 is 0 Å². The van der Waals surface area contributed by atoms with Gasteiger partial charge in [-0.05, 0) is 58.4 Å². The summed E-state index contributed by atoms with van der Waals surface area (Å²) in [6.45, 7) is 8.62. The van der Waals surface area contributed by atoms with Crippen LogP contribution in [0.1, 0.15) is 46.0 Å². The summed E-state index contributed by atoms with van der Waals surface area (Å²) in [4.78, 5) is 5.46. The smallest absolute Gasteiger partial charge is 0.0114 e. The minimum absolute atomic E-state index is 0.481. The summed E-state index contributed by atoms with van der Waals surface area (Å²) < 4.78 is 0. The standard InChI is InChI=1S/C15H29N3/c1-11(2)17-6-5-12(9-17)10-18-14-3-4-15(18)8-13(16)7-14/h11-15H,3-10,16H2,1-2H3. The van der Waals surface area contributed by atoms with Gasteiger partial charge in [0.1, 0.15) is 0 Å². The molecule has 3 atom stereocenters. The van der Waals surface area contributed by atoms with Gasteiger partial charge in [0.25, 0.3) is 0 Å². The van der Waals surface area contributed by atoms with E-state index in [0.717, 1.165) is 24.0 Å². The van der Waals surface area contributed by atoms with Crippen LogP contribution in [0.15, 0.2) is 0 Å². The van der Waals surface area contributed by atoms with E-state index >= 15 is 0 Å². The van der Waals surface area contributed by atoms with E-state index in [-0.39, 0.29) is 0 Å². The molecule has 0 amide bonds. The van der Waals surface area contributed by atoms with E-state index in [1.807, 2.05) is 0 Å². The maximum absolute atomic E-state index is 6.15. The Labute approximate surface area is 112 Å². The Morgan fingerprint density at radius 1 is 1.11 bits per heavy atom. The summed E-state index contributed by atoms with van der Waals surface area (Å²) in [7, 11) is 0. The van der Waals surface area contributed by atoms with Crippen LogP contribution in [-0.4, -0.2) is 53.6 Å². The first-order valence-electron chi connectivity index (χ1n) is 7.89. The molecular weight excluding hydrogens is 222 g/mol. The highest BCUT2D eigenvalue weighted by molar-refractivity contribution is 4.97. The van der Waals surface area contributed by atoms with Crippen molar-refractivity contribution in [2.24, 2.45) is 11.7 Å².